The molecule has 0 fully saturated rings. The zero-order valence-corrected chi connectivity index (χ0v) is 9.90. The summed E-state index contributed by atoms with van der Waals surface area (Å²) in [5.41, 5.74) is 0. The van der Waals surface area contributed by atoms with Crippen LogP contribution in [0.4, 0.5) is 32.7 Å². The Morgan fingerprint density at radius 3 is 2.36 bits per heavy atom. The van der Waals surface area contributed by atoms with Crippen LogP contribution in [-0.4, -0.2) is 46.7 Å². The van der Waals surface area contributed by atoms with Gasteiger partial charge in [0.2, 0.25) is 0 Å². The Morgan fingerprint density at radius 2 is 1.91 bits per heavy atom. The molecule has 0 N–H and O–H groups in total. The van der Waals surface area contributed by atoms with Gasteiger partial charge in [-0.15, -0.1) is 5.10 Å². The maximum atomic E-state index is 13.1. The van der Waals surface area contributed by atoms with Gasteiger partial charge in [0.1, 0.15) is 12.7 Å². The number of alkyl halides is 5. The number of aromatic nitrogens is 6. The Bertz CT molecular complexity index is 721. The zero-order chi connectivity index (χ0) is 16.7. The Labute approximate surface area is 115 Å². The second-order valence-electron chi connectivity index (χ2n) is 3.60. The summed E-state index contributed by atoms with van der Waals surface area (Å²) in [4.78, 5) is 26.7. The average molecular weight is 327 g/mol. The average Bonchev–Trinajstić information content (AvgIpc) is 3.06. The number of carbonyl (C=O) groups is 1. The molecular weight excluding hydrogens is 325 g/mol. The van der Waals surface area contributed by atoms with E-state index in [0.29, 0.717) is 4.68 Å². The summed E-state index contributed by atoms with van der Waals surface area (Å²) in [5, 5.41) is 16.5. The normalized spacial score (nSPS) is 12.4. The Kier molecular flexibility index (Phi) is 3.34. The van der Waals surface area contributed by atoms with Gasteiger partial charge in [0.05, 0.1) is 0 Å². The van der Waals surface area contributed by atoms with Gasteiger partial charge in [-0.2, -0.15) is 26.6 Å². The highest BCUT2D eigenvalue weighted by Gasteiger charge is 2.64. The highest BCUT2D eigenvalue weighted by molar-refractivity contribution is 5.78. The first-order chi connectivity index (χ1) is 10.1. The molecule has 15 heteroatoms. The third-order valence-electron chi connectivity index (χ3n) is 2.19. The number of hydrogen-bond donors (Lipinski definition) is 0. The quantitative estimate of drug-likeness (QED) is 0.457. The molecule has 2 heterocycles. The van der Waals surface area contributed by atoms with Crippen molar-refractivity contribution in [3.63, 3.8) is 0 Å². The minimum absolute atomic E-state index is 0.331. The summed E-state index contributed by atoms with van der Waals surface area (Å²) in [6.07, 6.45) is -4.54. The van der Waals surface area contributed by atoms with Crippen LogP contribution < -0.4 is 0 Å². The van der Waals surface area contributed by atoms with Gasteiger partial charge >= 0.3 is 29.9 Å². The van der Waals surface area contributed by atoms with E-state index in [9.17, 15) is 36.9 Å². The second-order valence-corrected chi connectivity index (χ2v) is 3.60. The van der Waals surface area contributed by atoms with Gasteiger partial charge in [-0.25, -0.2) is 9.78 Å². The topological polar surface area (TPSA) is 122 Å². The van der Waals surface area contributed by atoms with Crippen molar-refractivity contribution in [1.29, 1.82) is 0 Å². The van der Waals surface area contributed by atoms with Gasteiger partial charge < -0.3 is 10.1 Å². The fourth-order valence-corrected chi connectivity index (χ4v) is 1.21. The van der Waals surface area contributed by atoms with Crippen LogP contribution in [0.5, 0.6) is 0 Å². The van der Waals surface area contributed by atoms with E-state index in [0.717, 1.165) is 12.7 Å². The van der Waals surface area contributed by atoms with Gasteiger partial charge in [0, 0.05) is 0 Å². The minimum Gasteiger partial charge on any atom is -0.390 e. The highest BCUT2D eigenvalue weighted by atomic mass is 19.4. The van der Waals surface area contributed by atoms with Gasteiger partial charge in [0.15, 0.2) is 0 Å². The fraction of sp³-hybridized carbons (Fsp3) is 0.286. The maximum absolute atomic E-state index is 13.1. The molecule has 0 aliphatic heterocycles. The molecule has 10 nitrogen and oxygen atoms in total. The van der Waals surface area contributed by atoms with Crippen LogP contribution >= 0.6 is 0 Å². The standard InChI is InChI=1S/C7H2F5N7O3/c8-6(9,7(10,11)12)3-15-4(19(21)22)18(16-3)5(20)17-2-13-1-14-17/h1-2H. The first-order valence-electron chi connectivity index (χ1n) is 5.01. The lowest BCUT2D eigenvalue weighted by Crippen LogP contribution is -2.35. The number of nitrogens with zero attached hydrogens (tertiary/aromatic N) is 7. The number of nitro groups is 1. The predicted molar refractivity (Wildman–Crippen MR) is 52.8 cm³/mol. The summed E-state index contributed by atoms with van der Waals surface area (Å²) in [6.45, 7) is 0. The number of halogens is 5. The van der Waals surface area contributed by atoms with Crippen molar-refractivity contribution in [3.8, 4) is 0 Å². The Balaban J connectivity index is 2.57. The lowest BCUT2D eigenvalue weighted by Gasteiger charge is -2.13. The van der Waals surface area contributed by atoms with Gasteiger partial charge in [0.25, 0.3) is 0 Å². The van der Waals surface area contributed by atoms with Crippen molar-refractivity contribution in [1.82, 2.24) is 29.5 Å². The van der Waals surface area contributed by atoms with Crippen LogP contribution in [-0.2, 0) is 5.92 Å². The van der Waals surface area contributed by atoms with E-state index < -0.39 is 34.8 Å². The summed E-state index contributed by atoms with van der Waals surface area (Å²) in [7, 11) is 0. The monoisotopic (exact) mass is 327 g/mol. The van der Waals surface area contributed by atoms with E-state index in [1.165, 1.54) is 0 Å². The van der Waals surface area contributed by atoms with Crippen molar-refractivity contribution < 1.29 is 31.7 Å². The molecule has 0 saturated carbocycles. The van der Waals surface area contributed by atoms with E-state index >= 15 is 0 Å². The van der Waals surface area contributed by atoms with Crippen LogP contribution in [0.2, 0.25) is 0 Å². The summed E-state index contributed by atoms with van der Waals surface area (Å²) >= 11 is 0. The molecule has 0 aromatic carbocycles. The third-order valence-corrected chi connectivity index (χ3v) is 2.19. The number of hydrogen-bond acceptors (Lipinski definition) is 7. The van der Waals surface area contributed by atoms with Crippen molar-refractivity contribution in [2.45, 2.75) is 12.1 Å². The summed E-state index contributed by atoms with van der Waals surface area (Å²) in [6, 6.07) is -1.51. The first kappa shape index (κ1) is 15.4. The van der Waals surface area contributed by atoms with Crippen LogP contribution in [0.25, 0.3) is 0 Å². The molecule has 0 atom stereocenters. The molecular formula is C7H2F5N7O3. The predicted octanol–water partition coefficient (Wildman–Crippen LogP) is 0.948. The molecule has 0 radical (unpaired) electrons. The molecule has 22 heavy (non-hydrogen) atoms. The molecule has 118 valence electrons. The largest absolute Gasteiger partial charge is 0.465 e. The maximum Gasteiger partial charge on any atom is 0.465 e. The van der Waals surface area contributed by atoms with E-state index in [1.807, 2.05) is 0 Å². The van der Waals surface area contributed by atoms with E-state index in [1.54, 1.807) is 0 Å². The van der Waals surface area contributed by atoms with E-state index in [2.05, 4.69) is 20.2 Å². The van der Waals surface area contributed by atoms with Crippen LogP contribution in [0.3, 0.4) is 0 Å². The van der Waals surface area contributed by atoms with Crippen molar-refractivity contribution in [3.05, 3.63) is 28.6 Å². The van der Waals surface area contributed by atoms with Gasteiger partial charge in [-0.3, -0.25) is 0 Å². The minimum atomic E-state index is -6.09. The first-order valence-corrected chi connectivity index (χ1v) is 5.01. The molecule has 0 aliphatic rings. The Morgan fingerprint density at radius 1 is 1.27 bits per heavy atom. The van der Waals surface area contributed by atoms with Gasteiger partial charge in [-0.05, 0) is 14.6 Å². The molecule has 0 aliphatic carbocycles. The Hall–Kier alpha value is -3.00. The van der Waals surface area contributed by atoms with E-state index in [-0.39, 0.29) is 4.68 Å². The number of rotatable bonds is 2. The van der Waals surface area contributed by atoms with Crippen molar-refractivity contribution >= 4 is 12.0 Å². The lowest BCUT2D eigenvalue weighted by molar-refractivity contribution is -0.396. The van der Waals surface area contributed by atoms with Crippen LogP contribution in [0, 0.1) is 10.1 Å². The summed E-state index contributed by atoms with van der Waals surface area (Å²) in [5.74, 6) is -9.44. The van der Waals surface area contributed by atoms with Crippen LogP contribution in [0.1, 0.15) is 5.82 Å². The molecule has 0 unspecified atom stereocenters. The molecule has 0 saturated heterocycles. The molecule has 0 amide bonds. The van der Waals surface area contributed by atoms with Gasteiger partial charge in [-0.1, -0.05) is 5.10 Å². The van der Waals surface area contributed by atoms with Crippen LogP contribution in [0.15, 0.2) is 12.7 Å². The molecule has 2 rings (SSSR count). The zero-order valence-electron chi connectivity index (χ0n) is 9.90. The molecule has 2 aromatic heterocycles. The van der Waals surface area contributed by atoms with Crippen molar-refractivity contribution in [2.75, 3.05) is 0 Å². The summed E-state index contributed by atoms with van der Waals surface area (Å²) < 4.78 is 62.8. The van der Waals surface area contributed by atoms with E-state index in [4.69, 9.17) is 0 Å². The second kappa shape index (κ2) is 4.78. The molecule has 2 aromatic rings. The highest BCUT2D eigenvalue weighted by Crippen LogP contribution is 2.42. The SMILES string of the molecule is O=C(n1cncn1)n1nc(C(F)(F)C(F)(F)F)nc1[N+](=O)[O-]. The fourth-order valence-electron chi connectivity index (χ4n) is 1.21. The lowest BCUT2D eigenvalue weighted by atomic mass is 10.3. The molecule has 0 spiro atoms. The molecule has 0 bridgehead atoms. The third kappa shape index (κ3) is 2.35. The number of carbonyl (C=O) groups excluding carboxylic acids is 1. The smallest absolute Gasteiger partial charge is 0.390 e. The van der Waals surface area contributed by atoms with Crippen molar-refractivity contribution in [2.24, 2.45) is 0 Å².